The summed E-state index contributed by atoms with van der Waals surface area (Å²) in [7, 11) is 0. The van der Waals surface area contributed by atoms with Gasteiger partial charge >= 0.3 is 0 Å². The number of nitrogens with one attached hydrogen (secondary N) is 1. The minimum absolute atomic E-state index is 1.00. The summed E-state index contributed by atoms with van der Waals surface area (Å²) in [5.41, 5.74) is 5.65. The highest BCUT2D eigenvalue weighted by atomic mass is 14.9. The maximum Gasteiger partial charge on any atom is 0.0408 e. The maximum absolute atomic E-state index is 3.59. The number of hydrogen-bond acceptors (Lipinski definition) is 1. The zero-order valence-corrected chi connectivity index (χ0v) is 12.1. The molecule has 4 rings (SSSR count). The number of anilines is 1. The first-order valence-corrected chi connectivity index (χ1v) is 7.72. The summed E-state index contributed by atoms with van der Waals surface area (Å²) >= 11 is 0. The average molecular weight is 273 g/mol. The molecule has 0 aromatic heterocycles. The predicted octanol–water partition coefficient (Wildman–Crippen LogP) is 4.79. The second-order valence-corrected chi connectivity index (χ2v) is 5.84. The van der Waals surface area contributed by atoms with Gasteiger partial charge in [0.25, 0.3) is 0 Å². The quantitative estimate of drug-likeness (QED) is 0.708. The van der Waals surface area contributed by atoms with Gasteiger partial charge in [0.2, 0.25) is 0 Å². The summed E-state index contributed by atoms with van der Waals surface area (Å²) in [4.78, 5) is 0. The van der Waals surface area contributed by atoms with Crippen LogP contribution < -0.4 is 5.32 Å². The molecule has 104 valence electrons. The lowest BCUT2D eigenvalue weighted by Gasteiger charge is -2.21. The van der Waals surface area contributed by atoms with E-state index in [2.05, 4.69) is 66.0 Å². The van der Waals surface area contributed by atoms with Crippen LogP contribution in [0.1, 0.15) is 23.1 Å². The van der Waals surface area contributed by atoms with Gasteiger partial charge in [-0.25, -0.2) is 0 Å². The van der Waals surface area contributed by atoms with Crippen LogP contribution in [0.15, 0.2) is 60.7 Å². The van der Waals surface area contributed by atoms with Crippen LogP contribution in [-0.4, -0.2) is 6.54 Å². The summed E-state index contributed by atoms with van der Waals surface area (Å²) in [6.45, 7) is 1.10. The van der Waals surface area contributed by atoms with Crippen LogP contribution in [0, 0.1) is 0 Å². The van der Waals surface area contributed by atoms with Gasteiger partial charge in [-0.3, -0.25) is 0 Å². The molecule has 1 aliphatic heterocycles. The number of para-hydroxylation sites is 1. The number of benzene rings is 3. The summed E-state index contributed by atoms with van der Waals surface area (Å²) in [5.74, 6) is 0. The van der Waals surface area contributed by atoms with E-state index in [1.54, 1.807) is 0 Å². The van der Waals surface area contributed by atoms with Crippen molar-refractivity contribution < 1.29 is 0 Å². The monoisotopic (exact) mass is 273 g/mol. The Morgan fingerprint density at radius 1 is 0.857 bits per heavy atom. The molecular formula is C20H19N. The van der Waals surface area contributed by atoms with Gasteiger partial charge in [0, 0.05) is 12.2 Å². The predicted molar refractivity (Wildman–Crippen MR) is 90.0 cm³/mol. The SMILES string of the molecule is c1cc2c(c(Cc3ccc4ccccc4c3)c1)NCCC2. The van der Waals surface area contributed by atoms with Gasteiger partial charge in [-0.15, -0.1) is 0 Å². The van der Waals surface area contributed by atoms with E-state index in [1.165, 1.54) is 46.0 Å². The Kier molecular flexibility index (Phi) is 3.11. The normalized spacial score (nSPS) is 13.7. The van der Waals surface area contributed by atoms with E-state index >= 15 is 0 Å². The fraction of sp³-hybridized carbons (Fsp3) is 0.200. The van der Waals surface area contributed by atoms with E-state index in [0.29, 0.717) is 0 Å². The van der Waals surface area contributed by atoms with Crippen LogP contribution in [-0.2, 0) is 12.8 Å². The molecule has 0 bridgehead atoms. The molecule has 0 saturated carbocycles. The summed E-state index contributed by atoms with van der Waals surface area (Å²) in [6, 6.07) is 22.1. The minimum Gasteiger partial charge on any atom is -0.385 e. The number of fused-ring (bicyclic) bond motifs is 2. The third kappa shape index (κ3) is 2.40. The van der Waals surface area contributed by atoms with Crippen LogP contribution >= 0.6 is 0 Å². The number of hydrogen-bond donors (Lipinski definition) is 1. The molecule has 21 heavy (non-hydrogen) atoms. The minimum atomic E-state index is 1.00. The lowest BCUT2D eigenvalue weighted by molar-refractivity contribution is 0.825. The molecule has 1 heteroatoms. The first-order chi connectivity index (χ1) is 10.4. The van der Waals surface area contributed by atoms with Crippen LogP contribution in [0.5, 0.6) is 0 Å². The topological polar surface area (TPSA) is 12.0 Å². The van der Waals surface area contributed by atoms with Gasteiger partial charge in [0.15, 0.2) is 0 Å². The molecule has 0 saturated heterocycles. The van der Waals surface area contributed by atoms with Crippen molar-refractivity contribution in [1.29, 1.82) is 0 Å². The van der Waals surface area contributed by atoms with Crippen molar-refractivity contribution in [2.75, 3.05) is 11.9 Å². The molecule has 1 heterocycles. The summed E-state index contributed by atoms with van der Waals surface area (Å²) in [6.07, 6.45) is 3.45. The highest BCUT2D eigenvalue weighted by Gasteiger charge is 2.12. The molecule has 3 aromatic rings. The Balaban J connectivity index is 1.71. The zero-order valence-electron chi connectivity index (χ0n) is 12.1. The van der Waals surface area contributed by atoms with E-state index in [9.17, 15) is 0 Å². The fourth-order valence-corrected chi connectivity index (χ4v) is 3.30. The van der Waals surface area contributed by atoms with Gasteiger partial charge in [-0.2, -0.15) is 0 Å². The van der Waals surface area contributed by atoms with Crippen molar-refractivity contribution in [1.82, 2.24) is 0 Å². The van der Waals surface area contributed by atoms with Crippen LogP contribution in [0.4, 0.5) is 5.69 Å². The highest BCUT2D eigenvalue weighted by Crippen LogP contribution is 2.28. The largest absolute Gasteiger partial charge is 0.385 e. The van der Waals surface area contributed by atoms with E-state index in [4.69, 9.17) is 0 Å². The molecular weight excluding hydrogens is 254 g/mol. The molecule has 1 nitrogen and oxygen atoms in total. The molecule has 0 amide bonds. The summed E-state index contributed by atoms with van der Waals surface area (Å²) in [5, 5.41) is 6.23. The van der Waals surface area contributed by atoms with E-state index in [1.807, 2.05) is 0 Å². The van der Waals surface area contributed by atoms with E-state index in [0.717, 1.165) is 13.0 Å². The maximum atomic E-state index is 3.59. The molecule has 0 unspecified atom stereocenters. The lowest BCUT2D eigenvalue weighted by Crippen LogP contribution is -2.13. The van der Waals surface area contributed by atoms with E-state index < -0.39 is 0 Å². The van der Waals surface area contributed by atoms with Crippen molar-refractivity contribution in [2.24, 2.45) is 0 Å². The first-order valence-electron chi connectivity index (χ1n) is 7.72. The van der Waals surface area contributed by atoms with Gasteiger partial charge in [-0.1, -0.05) is 60.7 Å². The van der Waals surface area contributed by atoms with Gasteiger partial charge in [-0.05, 0) is 46.7 Å². The zero-order chi connectivity index (χ0) is 14.1. The van der Waals surface area contributed by atoms with Gasteiger partial charge in [0.1, 0.15) is 0 Å². The highest BCUT2D eigenvalue weighted by molar-refractivity contribution is 5.83. The Bertz CT molecular complexity index is 789. The van der Waals surface area contributed by atoms with Gasteiger partial charge in [0.05, 0.1) is 0 Å². The third-order valence-corrected chi connectivity index (χ3v) is 4.37. The fourth-order valence-electron chi connectivity index (χ4n) is 3.30. The standard InChI is InChI=1S/C20H19N/c1-2-6-18-13-15(10-11-16(18)5-1)14-19-8-3-7-17-9-4-12-21-20(17)19/h1-3,5-8,10-11,13,21H,4,9,12,14H2. The molecule has 0 radical (unpaired) electrons. The molecule has 1 aliphatic rings. The van der Waals surface area contributed by atoms with Gasteiger partial charge < -0.3 is 5.32 Å². The second kappa shape index (κ2) is 5.25. The second-order valence-electron chi connectivity index (χ2n) is 5.84. The number of aryl methyl sites for hydroxylation is 1. The molecule has 3 aromatic carbocycles. The van der Waals surface area contributed by atoms with Crippen LogP contribution in [0.3, 0.4) is 0 Å². The first kappa shape index (κ1) is 12.5. The Labute approximate surface area is 125 Å². The van der Waals surface area contributed by atoms with Crippen molar-refractivity contribution in [3.63, 3.8) is 0 Å². The molecule has 0 aliphatic carbocycles. The van der Waals surface area contributed by atoms with Crippen molar-refractivity contribution >= 4 is 16.5 Å². The Morgan fingerprint density at radius 2 is 1.76 bits per heavy atom. The molecule has 1 N–H and O–H groups in total. The summed E-state index contributed by atoms with van der Waals surface area (Å²) < 4.78 is 0. The van der Waals surface area contributed by atoms with Crippen molar-refractivity contribution in [3.05, 3.63) is 77.4 Å². The Morgan fingerprint density at radius 3 is 2.71 bits per heavy atom. The third-order valence-electron chi connectivity index (χ3n) is 4.37. The average Bonchev–Trinajstić information content (AvgIpc) is 2.55. The number of rotatable bonds is 2. The molecule has 0 fully saturated rings. The van der Waals surface area contributed by atoms with Crippen LogP contribution in [0.25, 0.3) is 10.8 Å². The lowest BCUT2D eigenvalue weighted by atomic mass is 9.95. The van der Waals surface area contributed by atoms with Crippen molar-refractivity contribution in [3.8, 4) is 0 Å². The van der Waals surface area contributed by atoms with E-state index in [-0.39, 0.29) is 0 Å². The smallest absolute Gasteiger partial charge is 0.0408 e. The Hall–Kier alpha value is -2.28. The van der Waals surface area contributed by atoms with Crippen molar-refractivity contribution in [2.45, 2.75) is 19.3 Å². The molecule has 0 spiro atoms. The van der Waals surface area contributed by atoms with Crippen LogP contribution in [0.2, 0.25) is 0 Å². The molecule has 0 atom stereocenters.